The third kappa shape index (κ3) is 3.73. The van der Waals surface area contributed by atoms with Crippen molar-refractivity contribution in [1.82, 2.24) is 15.4 Å². The molecule has 0 radical (unpaired) electrons. The Morgan fingerprint density at radius 3 is 2.50 bits per heavy atom. The lowest BCUT2D eigenvalue weighted by Gasteiger charge is -1.62. The Kier molecular flexibility index (Phi) is 5.17. The topological polar surface area (TPSA) is 67.9 Å². The first-order valence-electron chi connectivity index (χ1n) is 2.56. The molecule has 0 spiro atoms. The van der Waals surface area contributed by atoms with Crippen LogP contribution in [0.5, 0.6) is 0 Å². The molecule has 56 valence electrons. The van der Waals surface area contributed by atoms with Crippen molar-refractivity contribution in [2.75, 3.05) is 14.2 Å². The average Bonchev–Trinajstić information content (AvgIpc) is 2.39. The standard InChI is InChI=1S/C3H3N3O.C2H6O/c7-2-3-1-4-6-5-3;1-3-2/h1-2H,(H,4,5,6);1-2H3. The highest BCUT2D eigenvalue weighted by Crippen LogP contribution is 1.76. The highest BCUT2D eigenvalue weighted by atomic mass is 16.4. The van der Waals surface area contributed by atoms with Crippen molar-refractivity contribution in [1.29, 1.82) is 0 Å². The van der Waals surface area contributed by atoms with E-state index in [1.807, 2.05) is 0 Å². The maximum Gasteiger partial charge on any atom is 0.171 e. The molecule has 5 heteroatoms. The van der Waals surface area contributed by atoms with Gasteiger partial charge in [0.25, 0.3) is 0 Å². The Morgan fingerprint density at radius 1 is 1.70 bits per heavy atom. The van der Waals surface area contributed by atoms with Crippen LogP contribution in [0.15, 0.2) is 6.20 Å². The molecule has 1 N–H and O–H groups in total. The van der Waals surface area contributed by atoms with Crippen LogP contribution in [0.25, 0.3) is 0 Å². The van der Waals surface area contributed by atoms with E-state index in [2.05, 4.69) is 20.1 Å². The van der Waals surface area contributed by atoms with E-state index in [-0.39, 0.29) is 0 Å². The number of aromatic amines is 1. The molecule has 0 fully saturated rings. The van der Waals surface area contributed by atoms with E-state index in [1.165, 1.54) is 6.20 Å². The van der Waals surface area contributed by atoms with Crippen LogP contribution in [0.2, 0.25) is 0 Å². The second-order valence-electron chi connectivity index (χ2n) is 1.42. The van der Waals surface area contributed by atoms with Crippen LogP contribution in [-0.2, 0) is 4.74 Å². The van der Waals surface area contributed by atoms with Gasteiger partial charge in [-0.1, -0.05) is 0 Å². The molecule has 0 atom stereocenters. The highest BCUT2D eigenvalue weighted by molar-refractivity contribution is 5.70. The van der Waals surface area contributed by atoms with Gasteiger partial charge >= 0.3 is 0 Å². The molecular weight excluding hydrogens is 134 g/mol. The van der Waals surface area contributed by atoms with E-state index in [0.717, 1.165) is 0 Å². The van der Waals surface area contributed by atoms with Gasteiger partial charge < -0.3 is 4.74 Å². The molecule has 0 bridgehead atoms. The van der Waals surface area contributed by atoms with Gasteiger partial charge in [-0.15, -0.1) is 0 Å². The first-order valence-corrected chi connectivity index (χ1v) is 2.56. The van der Waals surface area contributed by atoms with Gasteiger partial charge in [-0.2, -0.15) is 15.4 Å². The summed E-state index contributed by atoms with van der Waals surface area (Å²) in [6.45, 7) is 0. The van der Waals surface area contributed by atoms with Crippen LogP contribution >= 0.6 is 0 Å². The number of aromatic nitrogens is 3. The van der Waals surface area contributed by atoms with Gasteiger partial charge in [0.15, 0.2) is 6.29 Å². The van der Waals surface area contributed by atoms with Gasteiger partial charge in [0.05, 0.1) is 6.20 Å². The normalized spacial score (nSPS) is 7.80. The van der Waals surface area contributed by atoms with Crippen molar-refractivity contribution in [2.24, 2.45) is 0 Å². The summed E-state index contributed by atoms with van der Waals surface area (Å²) in [5, 5.41) is 9.11. The van der Waals surface area contributed by atoms with E-state index in [0.29, 0.717) is 12.0 Å². The number of rotatable bonds is 1. The molecule has 1 aromatic rings. The SMILES string of the molecule is COC.O=Cc1cn[nH]n1. The Bertz CT molecular complexity index is 161. The van der Waals surface area contributed by atoms with E-state index in [4.69, 9.17) is 0 Å². The van der Waals surface area contributed by atoms with Crippen LogP contribution in [-0.4, -0.2) is 35.9 Å². The van der Waals surface area contributed by atoms with Crippen molar-refractivity contribution in [2.45, 2.75) is 0 Å². The Balaban J connectivity index is 0.000000236. The number of aldehydes is 1. The van der Waals surface area contributed by atoms with Gasteiger partial charge in [0.1, 0.15) is 5.69 Å². The zero-order valence-electron chi connectivity index (χ0n) is 5.87. The van der Waals surface area contributed by atoms with Crippen LogP contribution in [0.3, 0.4) is 0 Å². The van der Waals surface area contributed by atoms with Crippen molar-refractivity contribution in [3.63, 3.8) is 0 Å². The molecule has 0 aliphatic carbocycles. The van der Waals surface area contributed by atoms with Crippen molar-refractivity contribution in [3.8, 4) is 0 Å². The number of hydrogen-bond acceptors (Lipinski definition) is 4. The molecule has 1 heterocycles. The van der Waals surface area contributed by atoms with Crippen LogP contribution < -0.4 is 0 Å². The second kappa shape index (κ2) is 5.90. The maximum atomic E-state index is 9.75. The molecule has 0 aromatic carbocycles. The third-order valence-electron chi connectivity index (χ3n) is 0.554. The molecule has 0 aliphatic rings. The molecule has 0 saturated carbocycles. The molecule has 0 amide bonds. The monoisotopic (exact) mass is 143 g/mol. The molecule has 1 aromatic heterocycles. The molecule has 0 unspecified atom stereocenters. The highest BCUT2D eigenvalue weighted by Gasteiger charge is 1.85. The van der Waals surface area contributed by atoms with Crippen LogP contribution in [0, 0.1) is 0 Å². The van der Waals surface area contributed by atoms with Crippen molar-refractivity contribution < 1.29 is 9.53 Å². The summed E-state index contributed by atoms with van der Waals surface area (Å²) in [6, 6.07) is 0. The predicted octanol–water partition coefficient (Wildman–Crippen LogP) is -0.120. The third-order valence-corrected chi connectivity index (χ3v) is 0.554. The lowest BCUT2D eigenvalue weighted by atomic mass is 10.6. The number of H-pyrrole nitrogens is 1. The Morgan fingerprint density at radius 2 is 2.30 bits per heavy atom. The van der Waals surface area contributed by atoms with E-state index in [9.17, 15) is 4.79 Å². The number of carbonyl (C=O) groups excluding carboxylic acids is 1. The summed E-state index contributed by atoms with van der Waals surface area (Å²) in [4.78, 5) is 9.75. The van der Waals surface area contributed by atoms with E-state index >= 15 is 0 Å². The molecule has 10 heavy (non-hydrogen) atoms. The number of ether oxygens (including phenoxy) is 1. The quantitative estimate of drug-likeness (QED) is 0.556. The molecule has 5 nitrogen and oxygen atoms in total. The Hall–Kier alpha value is -1.23. The number of hydrogen-bond donors (Lipinski definition) is 1. The number of methoxy groups -OCH3 is 1. The zero-order valence-corrected chi connectivity index (χ0v) is 5.87. The summed E-state index contributed by atoms with van der Waals surface area (Å²) in [5.74, 6) is 0. The van der Waals surface area contributed by atoms with E-state index < -0.39 is 0 Å². The smallest absolute Gasteiger partial charge is 0.171 e. The molecule has 0 saturated heterocycles. The molecule has 1 rings (SSSR count). The molecule has 0 aliphatic heterocycles. The van der Waals surface area contributed by atoms with Gasteiger partial charge in [0.2, 0.25) is 0 Å². The minimum atomic E-state index is 0.333. The largest absolute Gasteiger partial charge is 0.388 e. The fourth-order valence-electron chi connectivity index (χ4n) is 0.267. The van der Waals surface area contributed by atoms with Crippen LogP contribution in [0.1, 0.15) is 10.5 Å². The summed E-state index contributed by atoms with van der Waals surface area (Å²) in [6.07, 6.45) is 1.98. The van der Waals surface area contributed by atoms with Crippen molar-refractivity contribution in [3.05, 3.63) is 11.9 Å². The summed E-state index contributed by atoms with van der Waals surface area (Å²) >= 11 is 0. The summed E-state index contributed by atoms with van der Waals surface area (Å²) in [5.41, 5.74) is 0.333. The van der Waals surface area contributed by atoms with Crippen molar-refractivity contribution >= 4 is 6.29 Å². The van der Waals surface area contributed by atoms with Gasteiger partial charge in [-0.3, -0.25) is 4.79 Å². The van der Waals surface area contributed by atoms with E-state index in [1.54, 1.807) is 14.2 Å². The second-order valence-corrected chi connectivity index (χ2v) is 1.42. The minimum absolute atomic E-state index is 0.333. The minimum Gasteiger partial charge on any atom is -0.388 e. The average molecular weight is 143 g/mol. The Labute approximate surface area is 58.4 Å². The lowest BCUT2D eigenvalue weighted by Crippen LogP contribution is -1.75. The first kappa shape index (κ1) is 8.77. The number of nitrogens with one attached hydrogen (secondary N) is 1. The number of carbonyl (C=O) groups is 1. The van der Waals surface area contributed by atoms with Gasteiger partial charge in [-0.05, 0) is 0 Å². The summed E-state index contributed by atoms with van der Waals surface area (Å²) < 4.78 is 4.25. The first-order chi connectivity index (χ1) is 4.85. The number of nitrogens with zero attached hydrogens (tertiary/aromatic N) is 2. The fourth-order valence-corrected chi connectivity index (χ4v) is 0.267. The lowest BCUT2D eigenvalue weighted by molar-refractivity contribution is 0.111. The maximum absolute atomic E-state index is 9.75. The van der Waals surface area contributed by atoms with Gasteiger partial charge in [0, 0.05) is 14.2 Å². The van der Waals surface area contributed by atoms with Crippen LogP contribution in [0.4, 0.5) is 0 Å². The van der Waals surface area contributed by atoms with Gasteiger partial charge in [-0.25, -0.2) is 0 Å². The zero-order chi connectivity index (χ0) is 7.82. The fraction of sp³-hybridized carbons (Fsp3) is 0.400. The summed E-state index contributed by atoms with van der Waals surface area (Å²) in [7, 11) is 3.25. The molecular formula is C5H9N3O2. The predicted molar refractivity (Wildman–Crippen MR) is 34.7 cm³/mol.